The topological polar surface area (TPSA) is 69.4 Å². The van der Waals surface area contributed by atoms with E-state index in [2.05, 4.69) is 24.3 Å². The lowest BCUT2D eigenvalue weighted by atomic mass is 9.87. The van der Waals surface area contributed by atoms with E-state index >= 15 is 0 Å². The third-order valence-electron chi connectivity index (χ3n) is 6.85. The summed E-state index contributed by atoms with van der Waals surface area (Å²) in [5, 5.41) is 1.09. The van der Waals surface area contributed by atoms with Crippen LogP contribution in [0.3, 0.4) is 0 Å². The van der Waals surface area contributed by atoms with E-state index in [9.17, 15) is 9.59 Å². The summed E-state index contributed by atoms with van der Waals surface area (Å²) in [5.74, 6) is 1.72. The Balaban J connectivity index is 1.35. The van der Waals surface area contributed by atoms with E-state index in [1.165, 1.54) is 0 Å². The highest BCUT2D eigenvalue weighted by atomic mass is 16.3. The molecular weight excluding hydrogens is 428 g/mol. The second kappa shape index (κ2) is 8.40. The molecule has 34 heavy (non-hydrogen) atoms. The Labute approximate surface area is 199 Å². The van der Waals surface area contributed by atoms with Gasteiger partial charge in [0.1, 0.15) is 22.7 Å². The average molecular weight is 459 g/mol. The molecule has 5 rings (SSSR count). The van der Waals surface area contributed by atoms with Gasteiger partial charge in [-0.3, -0.25) is 19.5 Å². The van der Waals surface area contributed by atoms with E-state index in [1.807, 2.05) is 55.1 Å². The standard InChI is InChI=1S/C27H30N4O3/c1-18-15-22-16-21(9-10-23(22)34-18)19-5-7-20(8-6-19)25-28-27(26(33)30(25)4)11-13-31(14-12-27)24(32)17-29(2)3/h5-10,15-16H,11-14,17H2,1-4H3. The number of carbonyl (C=O) groups excluding carboxylic acids is 2. The number of rotatable bonds is 4. The van der Waals surface area contributed by atoms with Crippen molar-refractivity contribution in [2.75, 3.05) is 40.8 Å². The second-order valence-corrected chi connectivity index (χ2v) is 9.64. The number of likely N-dealkylation sites (tertiary alicyclic amines) is 1. The highest BCUT2D eigenvalue weighted by Crippen LogP contribution is 2.35. The van der Waals surface area contributed by atoms with Crippen molar-refractivity contribution >= 4 is 28.6 Å². The van der Waals surface area contributed by atoms with Gasteiger partial charge in [-0.2, -0.15) is 0 Å². The molecule has 0 atom stereocenters. The maximum Gasteiger partial charge on any atom is 0.256 e. The normalized spacial score (nSPS) is 17.8. The van der Waals surface area contributed by atoms with Gasteiger partial charge in [0, 0.05) is 31.1 Å². The average Bonchev–Trinajstić information content (AvgIpc) is 3.31. The molecule has 0 N–H and O–H groups in total. The SMILES string of the molecule is Cc1cc2cc(-c3ccc(C4=NC5(CCN(C(=O)CN(C)C)CC5)C(=O)N4C)cc3)ccc2o1. The first-order valence-electron chi connectivity index (χ1n) is 11.7. The van der Waals surface area contributed by atoms with Gasteiger partial charge in [0.2, 0.25) is 5.91 Å². The van der Waals surface area contributed by atoms with E-state index in [1.54, 1.807) is 11.9 Å². The smallest absolute Gasteiger partial charge is 0.256 e. The molecule has 3 heterocycles. The quantitative estimate of drug-likeness (QED) is 0.600. The largest absolute Gasteiger partial charge is 0.461 e. The minimum Gasteiger partial charge on any atom is -0.461 e. The van der Waals surface area contributed by atoms with E-state index in [4.69, 9.17) is 9.41 Å². The van der Waals surface area contributed by atoms with E-state index < -0.39 is 5.54 Å². The Bertz CT molecular complexity index is 1280. The van der Waals surface area contributed by atoms with Crippen molar-refractivity contribution in [1.82, 2.24) is 14.7 Å². The number of carbonyl (C=O) groups is 2. The molecule has 0 radical (unpaired) electrons. The molecule has 0 bridgehead atoms. The van der Waals surface area contributed by atoms with Gasteiger partial charge in [-0.1, -0.05) is 30.3 Å². The van der Waals surface area contributed by atoms with Gasteiger partial charge in [-0.05, 0) is 63.2 Å². The summed E-state index contributed by atoms with van der Waals surface area (Å²) in [4.78, 5) is 36.0. The minimum absolute atomic E-state index is 0.0204. The van der Waals surface area contributed by atoms with Crippen molar-refractivity contribution in [3.8, 4) is 11.1 Å². The summed E-state index contributed by atoms with van der Waals surface area (Å²) < 4.78 is 5.68. The molecular formula is C27H30N4O3. The number of nitrogens with zero attached hydrogens (tertiary/aromatic N) is 4. The molecule has 0 unspecified atom stereocenters. The Kier molecular flexibility index (Phi) is 5.52. The third kappa shape index (κ3) is 3.90. The summed E-state index contributed by atoms with van der Waals surface area (Å²) in [6.45, 7) is 3.44. The number of likely N-dealkylation sites (N-methyl/N-ethyl adjacent to an activating group) is 2. The molecule has 0 aliphatic carbocycles. The fourth-order valence-corrected chi connectivity index (χ4v) is 4.98. The second-order valence-electron chi connectivity index (χ2n) is 9.64. The number of fused-ring (bicyclic) bond motifs is 1. The molecule has 1 saturated heterocycles. The summed E-state index contributed by atoms with van der Waals surface area (Å²) in [6.07, 6.45) is 1.11. The molecule has 2 aromatic carbocycles. The van der Waals surface area contributed by atoms with Crippen LogP contribution in [0.15, 0.2) is 57.9 Å². The van der Waals surface area contributed by atoms with Crippen LogP contribution in [0.25, 0.3) is 22.1 Å². The van der Waals surface area contributed by atoms with Crippen LogP contribution in [0.2, 0.25) is 0 Å². The van der Waals surface area contributed by atoms with Crippen molar-refractivity contribution < 1.29 is 14.0 Å². The van der Waals surface area contributed by atoms with E-state index in [-0.39, 0.29) is 11.8 Å². The van der Waals surface area contributed by atoms with Crippen LogP contribution in [-0.2, 0) is 9.59 Å². The maximum absolute atomic E-state index is 13.2. The lowest BCUT2D eigenvalue weighted by molar-refractivity contribution is -0.138. The van der Waals surface area contributed by atoms with Gasteiger partial charge >= 0.3 is 0 Å². The molecule has 2 aliphatic rings. The molecule has 2 aliphatic heterocycles. The van der Waals surface area contributed by atoms with Crippen molar-refractivity contribution in [2.45, 2.75) is 25.3 Å². The predicted octanol–water partition coefficient (Wildman–Crippen LogP) is 3.55. The van der Waals surface area contributed by atoms with Crippen LogP contribution in [0.4, 0.5) is 0 Å². The molecule has 7 heteroatoms. The number of amidine groups is 1. The summed E-state index contributed by atoms with van der Waals surface area (Å²) in [6, 6.07) is 16.4. The lowest BCUT2D eigenvalue weighted by Crippen LogP contribution is -2.52. The third-order valence-corrected chi connectivity index (χ3v) is 6.85. The number of piperidine rings is 1. The molecule has 3 aromatic rings. The van der Waals surface area contributed by atoms with Crippen LogP contribution < -0.4 is 0 Å². The Hall–Kier alpha value is -3.45. The molecule has 1 spiro atoms. The first-order valence-corrected chi connectivity index (χ1v) is 11.7. The zero-order chi connectivity index (χ0) is 24.0. The van der Waals surface area contributed by atoms with Gasteiger partial charge in [-0.15, -0.1) is 0 Å². The highest BCUT2D eigenvalue weighted by Gasteiger charge is 2.49. The van der Waals surface area contributed by atoms with Crippen LogP contribution in [0, 0.1) is 6.92 Å². The van der Waals surface area contributed by atoms with Crippen LogP contribution in [0.5, 0.6) is 0 Å². The monoisotopic (exact) mass is 458 g/mol. The van der Waals surface area contributed by atoms with Crippen LogP contribution in [0.1, 0.15) is 24.2 Å². The first-order chi connectivity index (χ1) is 16.3. The first kappa shape index (κ1) is 22.3. The number of aryl methyl sites for hydroxylation is 1. The van der Waals surface area contributed by atoms with Crippen LogP contribution in [-0.4, -0.2) is 78.7 Å². The summed E-state index contributed by atoms with van der Waals surface area (Å²) in [5.41, 5.74) is 3.26. The number of benzene rings is 2. The van der Waals surface area contributed by atoms with Crippen LogP contribution >= 0.6 is 0 Å². The van der Waals surface area contributed by atoms with Crippen molar-refractivity contribution in [3.63, 3.8) is 0 Å². The van der Waals surface area contributed by atoms with Gasteiger partial charge in [0.15, 0.2) is 0 Å². The molecule has 7 nitrogen and oxygen atoms in total. The molecule has 176 valence electrons. The number of furan rings is 1. The molecule has 0 saturated carbocycles. The molecule has 1 fully saturated rings. The fourth-order valence-electron chi connectivity index (χ4n) is 4.98. The number of aliphatic imine (C=N–C) groups is 1. The zero-order valence-electron chi connectivity index (χ0n) is 20.2. The Morgan fingerprint density at radius 2 is 1.68 bits per heavy atom. The summed E-state index contributed by atoms with van der Waals surface area (Å²) >= 11 is 0. The van der Waals surface area contributed by atoms with Crippen molar-refractivity contribution in [2.24, 2.45) is 4.99 Å². The van der Waals surface area contributed by atoms with Crippen molar-refractivity contribution in [1.29, 1.82) is 0 Å². The van der Waals surface area contributed by atoms with Gasteiger partial charge in [0.05, 0.1) is 6.54 Å². The summed E-state index contributed by atoms with van der Waals surface area (Å²) in [7, 11) is 5.57. The number of hydrogen-bond acceptors (Lipinski definition) is 5. The minimum atomic E-state index is -0.762. The number of amides is 2. The Morgan fingerprint density at radius 1 is 1.03 bits per heavy atom. The van der Waals surface area contributed by atoms with Gasteiger partial charge in [0.25, 0.3) is 5.91 Å². The zero-order valence-corrected chi connectivity index (χ0v) is 20.2. The van der Waals surface area contributed by atoms with E-state index in [0.717, 1.165) is 33.4 Å². The van der Waals surface area contributed by atoms with E-state index in [0.29, 0.717) is 38.3 Å². The van der Waals surface area contributed by atoms with Crippen molar-refractivity contribution in [3.05, 3.63) is 59.9 Å². The fraction of sp³-hybridized carbons (Fsp3) is 0.370. The predicted molar refractivity (Wildman–Crippen MR) is 133 cm³/mol. The maximum atomic E-state index is 13.2. The molecule has 2 amide bonds. The molecule has 1 aromatic heterocycles. The lowest BCUT2D eigenvalue weighted by Gasteiger charge is -2.36. The van der Waals surface area contributed by atoms with Gasteiger partial charge in [-0.25, -0.2) is 0 Å². The van der Waals surface area contributed by atoms with Gasteiger partial charge < -0.3 is 14.2 Å². The Morgan fingerprint density at radius 3 is 2.35 bits per heavy atom. The number of hydrogen-bond donors (Lipinski definition) is 0. The highest BCUT2D eigenvalue weighted by molar-refractivity contribution is 6.15.